The van der Waals surface area contributed by atoms with Gasteiger partial charge in [0.25, 0.3) is 0 Å². The van der Waals surface area contributed by atoms with E-state index in [9.17, 15) is 4.79 Å². The lowest BCUT2D eigenvalue weighted by atomic mass is 9.66. The van der Waals surface area contributed by atoms with Gasteiger partial charge < -0.3 is 4.74 Å². The number of rotatable bonds is 7. The van der Waals surface area contributed by atoms with Gasteiger partial charge >= 0.3 is 5.97 Å². The maximum absolute atomic E-state index is 11.0. The molecule has 0 heterocycles. The molecule has 0 radical (unpaired) electrons. The lowest BCUT2D eigenvalue weighted by Gasteiger charge is -2.41. The fourth-order valence-electron chi connectivity index (χ4n) is 2.18. The standard InChI is InChI=1S/C13H22O2/c1-3-5-6-8-13(9-7-10-13)11-15-12(14)4-2/h4H,2-3,5-11H2,1H3. The molecule has 0 bridgehead atoms. The summed E-state index contributed by atoms with van der Waals surface area (Å²) in [6.45, 7) is 6.22. The molecule has 15 heavy (non-hydrogen) atoms. The van der Waals surface area contributed by atoms with E-state index in [-0.39, 0.29) is 5.97 Å². The summed E-state index contributed by atoms with van der Waals surface area (Å²) in [5.74, 6) is -0.281. The molecule has 0 aromatic heterocycles. The van der Waals surface area contributed by atoms with Crippen molar-refractivity contribution in [1.29, 1.82) is 0 Å². The van der Waals surface area contributed by atoms with Crippen LogP contribution in [0.3, 0.4) is 0 Å². The molecule has 0 saturated heterocycles. The summed E-state index contributed by atoms with van der Waals surface area (Å²) in [4.78, 5) is 11.0. The Morgan fingerprint density at radius 1 is 1.47 bits per heavy atom. The molecule has 1 rings (SSSR count). The van der Waals surface area contributed by atoms with Crippen molar-refractivity contribution in [2.24, 2.45) is 5.41 Å². The number of unbranched alkanes of at least 4 members (excludes halogenated alkanes) is 2. The summed E-state index contributed by atoms with van der Waals surface area (Å²) < 4.78 is 5.17. The Hall–Kier alpha value is -0.790. The number of esters is 1. The molecule has 1 aliphatic carbocycles. The second-order valence-corrected chi connectivity index (χ2v) is 4.62. The third kappa shape index (κ3) is 3.69. The zero-order valence-corrected chi connectivity index (χ0v) is 9.76. The minimum Gasteiger partial charge on any atom is -0.462 e. The van der Waals surface area contributed by atoms with E-state index in [0.29, 0.717) is 12.0 Å². The lowest BCUT2D eigenvalue weighted by Crippen LogP contribution is -2.35. The van der Waals surface area contributed by atoms with Crippen LogP contribution >= 0.6 is 0 Å². The maximum atomic E-state index is 11.0. The molecule has 1 aliphatic rings. The van der Waals surface area contributed by atoms with Crippen molar-refractivity contribution in [3.05, 3.63) is 12.7 Å². The predicted octanol–water partition coefficient (Wildman–Crippen LogP) is 3.47. The maximum Gasteiger partial charge on any atom is 0.330 e. The van der Waals surface area contributed by atoms with Gasteiger partial charge in [-0.1, -0.05) is 39.2 Å². The largest absolute Gasteiger partial charge is 0.462 e. The quantitative estimate of drug-likeness (QED) is 0.365. The van der Waals surface area contributed by atoms with Crippen molar-refractivity contribution in [2.75, 3.05) is 6.61 Å². The molecule has 0 unspecified atom stereocenters. The normalized spacial score (nSPS) is 17.9. The number of carbonyl (C=O) groups excluding carboxylic acids is 1. The average molecular weight is 210 g/mol. The van der Waals surface area contributed by atoms with E-state index in [4.69, 9.17) is 4.74 Å². The van der Waals surface area contributed by atoms with Crippen LogP contribution in [0.2, 0.25) is 0 Å². The molecule has 0 aromatic rings. The van der Waals surface area contributed by atoms with Gasteiger partial charge in [0.15, 0.2) is 0 Å². The van der Waals surface area contributed by atoms with E-state index in [1.807, 2.05) is 0 Å². The third-order valence-electron chi connectivity index (χ3n) is 3.41. The smallest absolute Gasteiger partial charge is 0.330 e. The minimum atomic E-state index is -0.281. The van der Waals surface area contributed by atoms with Gasteiger partial charge in [0.1, 0.15) is 0 Å². The second-order valence-electron chi connectivity index (χ2n) is 4.62. The molecule has 0 N–H and O–H groups in total. The number of carbonyl (C=O) groups is 1. The summed E-state index contributed by atoms with van der Waals surface area (Å²) in [6.07, 6.45) is 10.0. The van der Waals surface area contributed by atoms with Gasteiger partial charge in [-0.2, -0.15) is 0 Å². The Bertz CT molecular complexity index is 217. The molecular weight excluding hydrogens is 188 g/mol. The molecule has 1 fully saturated rings. The Morgan fingerprint density at radius 3 is 2.67 bits per heavy atom. The first-order valence-electron chi connectivity index (χ1n) is 6.02. The highest BCUT2D eigenvalue weighted by atomic mass is 16.5. The first-order chi connectivity index (χ1) is 7.22. The highest BCUT2D eigenvalue weighted by Gasteiger charge is 2.37. The topological polar surface area (TPSA) is 26.3 Å². The molecule has 0 aromatic carbocycles. The SMILES string of the molecule is C=CC(=O)OCC1(CCCCC)CCC1. The molecule has 86 valence electrons. The summed E-state index contributed by atoms with van der Waals surface area (Å²) in [5.41, 5.74) is 0.313. The van der Waals surface area contributed by atoms with Crippen LogP contribution in [0.5, 0.6) is 0 Å². The zero-order valence-electron chi connectivity index (χ0n) is 9.76. The monoisotopic (exact) mass is 210 g/mol. The average Bonchev–Trinajstić information content (AvgIpc) is 2.20. The van der Waals surface area contributed by atoms with Gasteiger partial charge in [0.05, 0.1) is 6.61 Å². The lowest BCUT2D eigenvalue weighted by molar-refractivity contribution is -0.143. The first kappa shape index (κ1) is 12.3. The molecule has 0 amide bonds. The first-order valence-corrected chi connectivity index (χ1v) is 6.02. The van der Waals surface area contributed by atoms with Crippen molar-refractivity contribution >= 4 is 5.97 Å². The fourth-order valence-corrected chi connectivity index (χ4v) is 2.18. The van der Waals surface area contributed by atoms with Crippen molar-refractivity contribution < 1.29 is 9.53 Å². The van der Waals surface area contributed by atoms with Gasteiger partial charge in [-0.15, -0.1) is 0 Å². The van der Waals surface area contributed by atoms with Crippen LogP contribution in [-0.2, 0) is 9.53 Å². The number of ether oxygens (including phenoxy) is 1. The molecule has 0 atom stereocenters. The van der Waals surface area contributed by atoms with E-state index < -0.39 is 0 Å². The number of hydrogen-bond acceptors (Lipinski definition) is 2. The van der Waals surface area contributed by atoms with Gasteiger partial charge in [-0.05, 0) is 19.3 Å². The Balaban J connectivity index is 2.26. The van der Waals surface area contributed by atoms with E-state index in [1.54, 1.807) is 0 Å². The highest BCUT2D eigenvalue weighted by Crippen LogP contribution is 2.45. The van der Waals surface area contributed by atoms with E-state index in [0.717, 1.165) is 0 Å². The van der Waals surface area contributed by atoms with Gasteiger partial charge in [-0.3, -0.25) is 0 Å². The minimum absolute atomic E-state index is 0.281. The van der Waals surface area contributed by atoms with E-state index >= 15 is 0 Å². The fraction of sp³-hybridized carbons (Fsp3) is 0.769. The van der Waals surface area contributed by atoms with Crippen molar-refractivity contribution in [2.45, 2.75) is 51.9 Å². The van der Waals surface area contributed by atoms with Crippen LogP contribution in [0, 0.1) is 5.41 Å². The van der Waals surface area contributed by atoms with Crippen LogP contribution in [0.1, 0.15) is 51.9 Å². The van der Waals surface area contributed by atoms with Crippen molar-refractivity contribution in [3.63, 3.8) is 0 Å². The van der Waals surface area contributed by atoms with Crippen LogP contribution < -0.4 is 0 Å². The van der Waals surface area contributed by atoms with Crippen LogP contribution in [0.4, 0.5) is 0 Å². The van der Waals surface area contributed by atoms with Gasteiger partial charge in [-0.25, -0.2) is 4.79 Å². The van der Waals surface area contributed by atoms with Crippen molar-refractivity contribution in [1.82, 2.24) is 0 Å². The van der Waals surface area contributed by atoms with Crippen molar-refractivity contribution in [3.8, 4) is 0 Å². The van der Waals surface area contributed by atoms with Crippen LogP contribution in [0.25, 0.3) is 0 Å². The van der Waals surface area contributed by atoms with Gasteiger partial charge in [0.2, 0.25) is 0 Å². The van der Waals surface area contributed by atoms with E-state index in [2.05, 4.69) is 13.5 Å². The summed E-state index contributed by atoms with van der Waals surface area (Å²) in [6, 6.07) is 0. The Morgan fingerprint density at radius 2 is 2.20 bits per heavy atom. The number of hydrogen-bond donors (Lipinski definition) is 0. The zero-order chi connectivity index (χ0) is 11.1. The summed E-state index contributed by atoms with van der Waals surface area (Å²) >= 11 is 0. The molecular formula is C13H22O2. The summed E-state index contributed by atoms with van der Waals surface area (Å²) in [5, 5.41) is 0. The Kier molecular flexibility index (Phi) is 4.86. The predicted molar refractivity (Wildman–Crippen MR) is 61.6 cm³/mol. The molecule has 2 nitrogen and oxygen atoms in total. The molecule has 1 saturated carbocycles. The van der Waals surface area contributed by atoms with E-state index in [1.165, 1.54) is 51.0 Å². The highest BCUT2D eigenvalue weighted by molar-refractivity contribution is 5.81. The van der Waals surface area contributed by atoms with Crippen LogP contribution in [-0.4, -0.2) is 12.6 Å². The molecule has 0 aliphatic heterocycles. The van der Waals surface area contributed by atoms with Gasteiger partial charge in [0, 0.05) is 11.5 Å². The Labute approximate surface area is 92.7 Å². The summed E-state index contributed by atoms with van der Waals surface area (Å²) in [7, 11) is 0. The molecule has 2 heteroatoms. The third-order valence-corrected chi connectivity index (χ3v) is 3.41. The second kappa shape index (κ2) is 5.94. The van der Waals surface area contributed by atoms with Crippen LogP contribution in [0.15, 0.2) is 12.7 Å². The molecule has 0 spiro atoms.